The van der Waals surface area contributed by atoms with E-state index < -0.39 is 0 Å². The third-order valence-electron chi connectivity index (χ3n) is 4.34. The molecule has 1 unspecified atom stereocenters. The number of ether oxygens (including phenoxy) is 1. The number of nitrogens with zero attached hydrogens (tertiary/aromatic N) is 1. The number of anilines is 1. The Morgan fingerprint density at radius 2 is 1.91 bits per heavy atom. The summed E-state index contributed by atoms with van der Waals surface area (Å²) in [5.41, 5.74) is 0.746. The quantitative estimate of drug-likeness (QED) is 0.894. The van der Waals surface area contributed by atoms with Gasteiger partial charge in [0.15, 0.2) is 0 Å². The first-order chi connectivity index (χ1) is 11.2. The smallest absolute Gasteiger partial charge is 0.317 e. The Hall–Kier alpha value is -2.24. The zero-order chi connectivity index (χ0) is 16.2. The lowest BCUT2D eigenvalue weighted by Crippen LogP contribution is -2.48. The molecule has 3 rings (SSSR count). The second-order valence-corrected chi connectivity index (χ2v) is 6.23. The van der Waals surface area contributed by atoms with Gasteiger partial charge in [-0.25, -0.2) is 4.79 Å². The van der Waals surface area contributed by atoms with Crippen molar-refractivity contribution in [1.82, 2.24) is 10.2 Å². The van der Waals surface area contributed by atoms with Crippen LogP contribution in [0.15, 0.2) is 24.3 Å². The fourth-order valence-electron chi connectivity index (χ4n) is 2.79. The van der Waals surface area contributed by atoms with Crippen LogP contribution in [0.2, 0.25) is 0 Å². The molecule has 6 nitrogen and oxygen atoms in total. The van der Waals surface area contributed by atoms with Crippen molar-refractivity contribution in [3.63, 3.8) is 0 Å². The van der Waals surface area contributed by atoms with Crippen molar-refractivity contribution in [2.75, 3.05) is 25.5 Å². The Bertz CT molecular complexity index is 569. The molecule has 2 aliphatic rings. The number of hydrogen-bond donors (Lipinski definition) is 2. The van der Waals surface area contributed by atoms with E-state index in [1.54, 1.807) is 12.0 Å². The van der Waals surface area contributed by atoms with E-state index in [-0.39, 0.29) is 17.9 Å². The van der Waals surface area contributed by atoms with E-state index in [0.29, 0.717) is 12.6 Å². The van der Waals surface area contributed by atoms with Crippen LogP contribution in [-0.2, 0) is 4.79 Å². The van der Waals surface area contributed by atoms with Crippen molar-refractivity contribution in [2.45, 2.75) is 31.7 Å². The van der Waals surface area contributed by atoms with Gasteiger partial charge in [-0.05, 0) is 49.9 Å². The summed E-state index contributed by atoms with van der Waals surface area (Å²) in [6, 6.07) is 7.57. The first-order valence-electron chi connectivity index (χ1n) is 8.16. The van der Waals surface area contributed by atoms with E-state index in [0.717, 1.165) is 43.7 Å². The third-order valence-corrected chi connectivity index (χ3v) is 4.34. The average molecular weight is 317 g/mol. The molecule has 2 fully saturated rings. The zero-order valence-electron chi connectivity index (χ0n) is 13.4. The highest BCUT2D eigenvalue weighted by Crippen LogP contribution is 2.22. The molecule has 1 aliphatic heterocycles. The molecule has 0 radical (unpaired) electrons. The number of urea groups is 1. The maximum Gasteiger partial charge on any atom is 0.317 e. The molecule has 1 saturated carbocycles. The maximum atomic E-state index is 12.4. The Balaban J connectivity index is 1.54. The number of rotatable bonds is 4. The molecule has 23 heavy (non-hydrogen) atoms. The van der Waals surface area contributed by atoms with Gasteiger partial charge in [-0.3, -0.25) is 4.79 Å². The molecule has 0 bridgehead atoms. The van der Waals surface area contributed by atoms with Gasteiger partial charge in [0.1, 0.15) is 5.75 Å². The first-order valence-corrected chi connectivity index (χ1v) is 8.16. The fourth-order valence-corrected chi connectivity index (χ4v) is 2.79. The summed E-state index contributed by atoms with van der Waals surface area (Å²) in [5.74, 6) is 0.568. The van der Waals surface area contributed by atoms with Gasteiger partial charge in [0, 0.05) is 24.8 Å². The highest BCUT2D eigenvalue weighted by Gasteiger charge is 2.31. The first kappa shape index (κ1) is 15.6. The Kier molecular flexibility index (Phi) is 4.69. The Labute approximate surface area is 136 Å². The van der Waals surface area contributed by atoms with Crippen LogP contribution in [0.1, 0.15) is 25.7 Å². The molecule has 1 aromatic rings. The van der Waals surface area contributed by atoms with Crippen LogP contribution in [0.3, 0.4) is 0 Å². The normalized spacial score (nSPS) is 20.7. The highest BCUT2D eigenvalue weighted by atomic mass is 16.5. The van der Waals surface area contributed by atoms with Gasteiger partial charge in [0.05, 0.1) is 13.0 Å². The number of likely N-dealkylation sites (tertiary alicyclic amines) is 1. The summed E-state index contributed by atoms with van der Waals surface area (Å²) >= 11 is 0. The Morgan fingerprint density at radius 3 is 2.57 bits per heavy atom. The zero-order valence-corrected chi connectivity index (χ0v) is 13.4. The minimum absolute atomic E-state index is 0.0286. The largest absolute Gasteiger partial charge is 0.497 e. The summed E-state index contributed by atoms with van der Waals surface area (Å²) < 4.78 is 5.10. The molecule has 2 N–H and O–H groups in total. The SMILES string of the molecule is COc1ccc(NC(=O)C2CCCN(C(=O)NC3CC3)C2)cc1. The van der Waals surface area contributed by atoms with Crippen molar-refractivity contribution in [3.8, 4) is 5.75 Å². The monoisotopic (exact) mass is 317 g/mol. The van der Waals surface area contributed by atoms with E-state index in [4.69, 9.17) is 4.74 Å². The number of methoxy groups -OCH3 is 1. The second-order valence-electron chi connectivity index (χ2n) is 6.23. The van der Waals surface area contributed by atoms with E-state index in [1.807, 2.05) is 24.3 Å². The maximum absolute atomic E-state index is 12.4. The average Bonchev–Trinajstić information content (AvgIpc) is 3.39. The molecule has 1 aromatic carbocycles. The van der Waals surface area contributed by atoms with Crippen molar-refractivity contribution in [2.24, 2.45) is 5.92 Å². The number of amides is 3. The molecule has 1 aliphatic carbocycles. The molecular weight excluding hydrogens is 294 g/mol. The molecular formula is C17H23N3O3. The van der Waals surface area contributed by atoms with Crippen molar-refractivity contribution >= 4 is 17.6 Å². The van der Waals surface area contributed by atoms with Crippen molar-refractivity contribution in [1.29, 1.82) is 0 Å². The second kappa shape index (κ2) is 6.89. The summed E-state index contributed by atoms with van der Waals surface area (Å²) in [6.45, 7) is 1.21. The minimum Gasteiger partial charge on any atom is -0.497 e. The predicted octanol–water partition coefficient (Wildman–Crippen LogP) is 2.22. The predicted molar refractivity (Wildman–Crippen MR) is 87.5 cm³/mol. The van der Waals surface area contributed by atoms with Gasteiger partial charge in [-0.2, -0.15) is 0 Å². The third kappa shape index (κ3) is 4.15. The number of carbonyl (C=O) groups excluding carboxylic acids is 2. The van der Waals surface area contributed by atoms with Gasteiger partial charge in [-0.1, -0.05) is 0 Å². The van der Waals surface area contributed by atoms with Gasteiger partial charge < -0.3 is 20.3 Å². The van der Waals surface area contributed by atoms with Crippen molar-refractivity contribution in [3.05, 3.63) is 24.3 Å². The van der Waals surface area contributed by atoms with Gasteiger partial charge in [0.2, 0.25) is 5.91 Å². The molecule has 0 spiro atoms. The summed E-state index contributed by atoms with van der Waals surface area (Å²) in [4.78, 5) is 26.3. The number of nitrogens with one attached hydrogen (secondary N) is 2. The van der Waals surface area contributed by atoms with E-state index in [2.05, 4.69) is 10.6 Å². The molecule has 0 aromatic heterocycles. The van der Waals surface area contributed by atoms with Crippen LogP contribution in [0.25, 0.3) is 0 Å². The van der Waals surface area contributed by atoms with Crippen LogP contribution in [-0.4, -0.2) is 43.1 Å². The standard InChI is InChI=1S/C17H23N3O3/c1-23-15-8-6-13(7-9-15)18-16(21)12-3-2-10-20(11-12)17(22)19-14-4-5-14/h6-9,12,14H,2-5,10-11H2,1H3,(H,18,21)(H,19,22). The highest BCUT2D eigenvalue weighted by molar-refractivity contribution is 5.93. The minimum atomic E-state index is -0.157. The van der Waals surface area contributed by atoms with Gasteiger partial charge in [-0.15, -0.1) is 0 Å². The van der Waals surface area contributed by atoms with Crippen LogP contribution in [0, 0.1) is 5.92 Å². The summed E-state index contributed by atoms with van der Waals surface area (Å²) in [5, 5.41) is 5.91. The van der Waals surface area contributed by atoms with Gasteiger partial charge in [0.25, 0.3) is 0 Å². The topological polar surface area (TPSA) is 70.7 Å². The van der Waals surface area contributed by atoms with Crippen LogP contribution < -0.4 is 15.4 Å². The van der Waals surface area contributed by atoms with Crippen molar-refractivity contribution < 1.29 is 14.3 Å². The molecule has 1 atom stereocenters. The Morgan fingerprint density at radius 1 is 1.17 bits per heavy atom. The number of piperidine rings is 1. The lowest BCUT2D eigenvalue weighted by atomic mass is 9.97. The van der Waals surface area contributed by atoms with Crippen LogP contribution in [0.4, 0.5) is 10.5 Å². The molecule has 1 saturated heterocycles. The molecule has 1 heterocycles. The fraction of sp³-hybridized carbons (Fsp3) is 0.529. The van der Waals surface area contributed by atoms with Crippen LogP contribution >= 0.6 is 0 Å². The lowest BCUT2D eigenvalue weighted by Gasteiger charge is -2.32. The molecule has 3 amide bonds. The van der Waals surface area contributed by atoms with E-state index >= 15 is 0 Å². The lowest BCUT2D eigenvalue weighted by molar-refractivity contribution is -0.121. The number of hydrogen-bond acceptors (Lipinski definition) is 3. The number of carbonyl (C=O) groups is 2. The molecule has 6 heteroatoms. The van der Waals surface area contributed by atoms with Crippen LogP contribution in [0.5, 0.6) is 5.75 Å². The van der Waals surface area contributed by atoms with E-state index in [9.17, 15) is 9.59 Å². The molecule has 124 valence electrons. The number of benzene rings is 1. The summed E-state index contributed by atoms with van der Waals surface area (Å²) in [6.07, 6.45) is 3.82. The summed E-state index contributed by atoms with van der Waals surface area (Å²) in [7, 11) is 1.61. The van der Waals surface area contributed by atoms with Gasteiger partial charge >= 0.3 is 6.03 Å². The van der Waals surface area contributed by atoms with E-state index in [1.165, 1.54) is 0 Å².